The van der Waals surface area contributed by atoms with Gasteiger partial charge in [-0.15, -0.1) is 0 Å². The molecule has 6 rings (SSSR count). The number of carbonyl (C=O) groups is 4. The molecular formula is C39H39ClF3N7O5S. The monoisotopic (exact) mass is 809 g/mol. The Morgan fingerprint density at radius 2 is 1.73 bits per heavy atom. The highest BCUT2D eigenvalue weighted by Crippen LogP contribution is 2.41. The highest BCUT2D eigenvalue weighted by atomic mass is 35.5. The number of hydrogen-bond donors (Lipinski definition) is 3. The van der Waals surface area contributed by atoms with Crippen molar-refractivity contribution >= 4 is 75.3 Å². The van der Waals surface area contributed by atoms with Crippen LogP contribution in [0.3, 0.4) is 0 Å². The van der Waals surface area contributed by atoms with Gasteiger partial charge in [-0.1, -0.05) is 18.5 Å². The molecule has 3 aliphatic rings. The Labute approximate surface area is 331 Å². The quantitative estimate of drug-likeness (QED) is 0.155. The van der Waals surface area contributed by atoms with Crippen molar-refractivity contribution in [3.63, 3.8) is 0 Å². The van der Waals surface area contributed by atoms with Crippen LogP contribution in [0.5, 0.6) is 5.75 Å². The van der Waals surface area contributed by atoms with Crippen LogP contribution in [0.1, 0.15) is 63.1 Å². The van der Waals surface area contributed by atoms with Crippen molar-refractivity contribution < 1.29 is 37.1 Å². The summed E-state index contributed by atoms with van der Waals surface area (Å²) in [7, 11) is 0. The SMILES string of the molecule is CCc1cc(N2C(=S)N(c3ccc(C#N)c(C(F)(F)F)c3)C(=O)C2(C)C)ccc1OC1CCN(CC(=O)Nc2cc(Cl)cc(NC3CCC(=O)NC3=O)c2)CC1. The van der Waals surface area contributed by atoms with Crippen LogP contribution in [0.2, 0.25) is 5.02 Å². The van der Waals surface area contributed by atoms with E-state index in [4.69, 9.17) is 28.6 Å². The van der Waals surface area contributed by atoms with Gasteiger partial charge >= 0.3 is 6.18 Å². The predicted octanol–water partition coefficient (Wildman–Crippen LogP) is 6.41. The zero-order valence-corrected chi connectivity index (χ0v) is 32.3. The molecule has 12 nitrogen and oxygen atoms in total. The minimum absolute atomic E-state index is 0.00431. The van der Waals surface area contributed by atoms with Crippen molar-refractivity contribution in [3.05, 3.63) is 76.3 Å². The van der Waals surface area contributed by atoms with Gasteiger partial charge in [-0.3, -0.25) is 34.3 Å². The van der Waals surface area contributed by atoms with Gasteiger partial charge in [0, 0.05) is 41.6 Å². The third-order valence-electron chi connectivity index (χ3n) is 10.00. The van der Waals surface area contributed by atoms with Gasteiger partial charge in [0.1, 0.15) is 23.4 Å². The van der Waals surface area contributed by atoms with E-state index in [0.717, 1.165) is 22.6 Å². The second kappa shape index (κ2) is 16.1. The Morgan fingerprint density at radius 3 is 2.39 bits per heavy atom. The number of amides is 4. The molecule has 3 aliphatic heterocycles. The average Bonchev–Trinajstić information content (AvgIpc) is 3.31. The van der Waals surface area contributed by atoms with Crippen molar-refractivity contribution in [1.82, 2.24) is 10.2 Å². The molecule has 0 bridgehead atoms. The lowest BCUT2D eigenvalue weighted by atomic mass is 10.0. The zero-order chi connectivity index (χ0) is 40.5. The summed E-state index contributed by atoms with van der Waals surface area (Å²) in [5.41, 5.74) is -0.608. The summed E-state index contributed by atoms with van der Waals surface area (Å²) in [6, 6.07) is 14.4. The van der Waals surface area contributed by atoms with Crippen molar-refractivity contribution in [2.45, 2.75) is 76.7 Å². The maximum Gasteiger partial charge on any atom is 0.417 e. The lowest BCUT2D eigenvalue weighted by Gasteiger charge is -2.33. The van der Waals surface area contributed by atoms with Crippen LogP contribution in [0.4, 0.5) is 35.9 Å². The van der Waals surface area contributed by atoms with Gasteiger partial charge in [-0.05, 0) is 112 Å². The van der Waals surface area contributed by atoms with Gasteiger partial charge in [0.05, 0.1) is 29.4 Å². The number of imide groups is 1. The Bertz CT molecular complexity index is 2130. The van der Waals surface area contributed by atoms with E-state index in [-0.39, 0.29) is 41.7 Å². The molecule has 0 radical (unpaired) electrons. The summed E-state index contributed by atoms with van der Waals surface area (Å²) in [6.07, 6.45) is -2.46. The number of carbonyl (C=O) groups excluding carboxylic acids is 4. The number of likely N-dealkylation sites (tertiary alicyclic amines) is 1. The van der Waals surface area contributed by atoms with E-state index in [0.29, 0.717) is 66.6 Å². The molecule has 3 saturated heterocycles. The Morgan fingerprint density at radius 1 is 1.04 bits per heavy atom. The summed E-state index contributed by atoms with van der Waals surface area (Å²) in [6.45, 7) is 6.61. The summed E-state index contributed by atoms with van der Waals surface area (Å²) >= 11 is 12.0. The average molecular weight is 810 g/mol. The van der Waals surface area contributed by atoms with Crippen LogP contribution in [0, 0.1) is 11.3 Å². The standard InChI is InChI=1S/C39H39ClF3N7O5S/c1-4-22-15-28(50-37(56)49(36(54)38(50,2)3)27-6-5-23(20-44)30(19-27)39(41,42)43)7-9-32(22)55-29-11-13-48(14-12-29)21-34(52)46-26-17-24(40)16-25(18-26)45-31-8-10-33(51)47-35(31)53/h5-7,9,15-19,29,31,45H,4,8,10-14,21H2,1-3H3,(H,46,52)(H,47,51,53). The van der Waals surface area contributed by atoms with E-state index in [2.05, 4.69) is 16.0 Å². The number of benzene rings is 3. The van der Waals surface area contributed by atoms with E-state index in [1.807, 2.05) is 17.9 Å². The molecule has 3 heterocycles. The number of hydrogen-bond acceptors (Lipinski definition) is 9. The van der Waals surface area contributed by atoms with Crippen LogP contribution in [0.15, 0.2) is 54.6 Å². The van der Waals surface area contributed by atoms with E-state index in [9.17, 15) is 37.6 Å². The molecule has 1 atom stereocenters. The Kier molecular flexibility index (Phi) is 11.6. The Balaban J connectivity index is 1.06. The predicted molar refractivity (Wildman–Crippen MR) is 209 cm³/mol. The van der Waals surface area contributed by atoms with E-state index in [1.165, 1.54) is 6.07 Å². The van der Waals surface area contributed by atoms with E-state index >= 15 is 0 Å². The molecule has 17 heteroatoms. The van der Waals surface area contributed by atoms with Gasteiger partial charge in [0.2, 0.25) is 17.7 Å². The van der Waals surface area contributed by atoms with Crippen molar-refractivity contribution in [2.24, 2.45) is 0 Å². The highest BCUT2D eigenvalue weighted by Gasteiger charge is 2.51. The molecular weight excluding hydrogens is 771 g/mol. The van der Waals surface area contributed by atoms with Gasteiger partial charge < -0.3 is 20.3 Å². The first kappa shape index (κ1) is 40.4. The van der Waals surface area contributed by atoms with Gasteiger partial charge in [-0.25, -0.2) is 0 Å². The maximum atomic E-state index is 13.8. The van der Waals surface area contributed by atoms with Crippen LogP contribution in [0.25, 0.3) is 0 Å². The van der Waals surface area contributed by atoms with E-state index < -0.39 is 40.7 Å². The molecule has 0 aliphatic carbocycles. The fraction of sp³-hybridized carbons (Fsp3) is 0.385. The van der Waals surface area contributed by atoms with Crippen molar-refractivity contribution in [1.29, 1.82) is 5.26 Å². The molecule has 3 N–H and O–H groups in total. The zero-order valence-electron chi connectivity index (χ0n) is 30.8. The van der Waals surface area contributed by atoms with Gasteiger partial charge in [0.25, 0.3) is 5.91 Å². The molecule has 3 aromatic carbocycles. The third-order valence-corrected chi connectivity index (χ3v) is 10.6. The molecule has 56 heavy (non-hydrogen) atoms. The van der Waals surface area contributed by atoms with Crippen LogP contribution in [-0.4, -0.2) is 71.0 Å². The second-order valence-corrected chi connectivity index (χ2v) is 15.1. The summed E-state index contributed by atoms with van der Waals surface area (Å²) in [4.78, 5) is 55.1. The fourth-order valence-corrected chi connectivity index (χ4v) is 7.86. The number of nitriles is 1. The molecule has 1 unspecified atom stereocenters. The number of piperidine rings is 2. The molecule has 4 amide bonds. The number of anilines is 4. The van der Waals surface area contributed by atoms with Crippen LogP contribution >= 0.6 is 23.8 Å². The summed E-state index contributed by atoms with van der Waals surface area (Å²) < 4.78 is 47.8. The first-order valence-electron chi connectivity index (χ1n) is 18.0. The largest absolute Gasteiger partial charge is 0.490 e. The number of aryl methyl sites for hydroxylation is 1. The number of nitrogens with zero attached hydrogens (tertiary/aromatic N) is 4. The maximum absolute atomic E-state index is 13.8. The number of alkyl halides is 3. The minimum Gasteiger partial charge on any atom is -0.490 e. The van der Waals surface area contributed by atoms with E-state index in [1.54, 1.807) is 55.1 Å². The smallest absolute Gasteiger partial charge is 0.417 e. The third kappa shape index (κ3) is 8.59. The van der Waals surface area contributed by atoms with Gasteiger partial charge in [-0.2, -0.15) is 18.4 Å². The lowest BCUT2D eigenvalue weighted by Crippen LogP contribution is -2.47. The molecule has 3 fully saturated rings. The topological polar surface area (TPSA) is 147 Å². The molecule has 0 spiro atoms. The number of thiocarbonyl (C=S) groups is 1. The second-order valence-electron chi connectivity index (χ2n) is 14.3. The number of ether oxygens (including phenoxy) is 1. The fourth-order valence-electron chi connectivity index (χ4n) is 7.10. The molecule has 3 aromatic rings. The normalized spacial score (nSPS) is 19.1. The molecule has 0 aromatic heterocycles. The van der Waals surface area contributed by atoms with Crippen LogP contribution in [-0.2, 0) is 31.8 Å². The first-order valence-corrected chi connectivity index (χ1v) is 18.8. The Hall–Kier alpha value is -5.24. The van der Waals surface area contributed by atoms with Crippen molar-refractivity contribution in [2.75, 3.05) is 40.1 Å². The molecule has 294 valence electrons. The minimum atomic E-state index is -4.80. The number of nitrogens with one attached hydrogen (secondary N) is 3. The van der Waals surface area contributed by atoms with Gasteiger partial charge in [0.15, 0.2) is 5.11 Å². The summed E-state index contributed by atoms with van der Waals surface area (Å²) in [5, 5.41) is 17.8. The first-order chi connectivity index (χ1) is 26.5. The van der Waals surface area contributed by atoms with Crippen LogP contribution < -0.4 is 30.5 Å². The summed E-state index contributed by atoms with van der Waals surface area (Å²) in [5.74, 6) is -0.826. The number of rotatable bonds is 10. The molecule has 0 saturated carbocycles. The van der Waals surface area contributed by atoms with Crippen molar-refractivity contribution in [3.8, 4) is 11.8 Å². The lowest BCUT2D eigenvalue weighted by molar-refractivity contribution is -0.138. The number of halogens is 4. The highest BCUT2D eigenvalue weighted by molar-refractivity contribution is 7.81.